The molecular weight excluding hydrogens is 362 g/mol. The van der Waals surface area contributed by atoms with E-state index in [1.165, 1.54) is 20.0 Å². The Kier molecular flexibility index (Phi) is 5.97. The van der Waals surface area contributed by atoms with Gasteiger partial charge in [0.1, 0.15) is 11.8 Å². The number of carbonyl (C=O) groups excluding carboxylic acids is 1. The van der Waals surface area contributed by atoms with Gasteiger partial charge in [0.25, 0.3) is 0 Å². The lowest BCUT2D eigenvalue weighted by atomic mass is 9.94. The van der Waals surface area contributed by atoms with Crippen LogP contribution in [0.25, 0.3) is 0 Å². The number of nitrogens with zero attached hydrogens (tertiary/aromatic N) is 2. The molecule has 27 heavy (non-hydrogen) atoms. The molecule has 0 aromatic heterocycles. The number of esters is 1. The van der Waals surface area contributed by atoms with E-state index >= 15 is 0 Å². The summed E-state index contributed by atoms with van der Waals surface area (Å²) in [4.78, 5) is 14.7. The van der Waals surface area contributed by atoms with Crippen molar-refractivity contribution < 1.29 is 14.3 Å². The van der Waals surface area contributed by atoms with Crippen molar-refractivity contribution in [3.63, 3.8) is 0 Å². The summed E-state index contributed by atoms with van der Waals surface area (Å²) in [6, 6.07) is 9.19. The molecule has 1 aliphatic heterocycles. The number of benzene rings is 1. The van der Waals surface area contributed by atoms with Crippen LogP contribution in [0.3, 0.4) is 0 Å². The minimum atomic E-state index is -0.382. The van der Waals surface area contributed by atoms with Crippen LogP contribution in [0.4, 0.5) is 0 Å². The lowest BCUT2D eigenvalue weighted by Gasteiger charge is -2.40. The lowest BCUT2D eigenvalue weighted by Crippen LogP contribution is -2.51. The van der Waals surface area contributed by atoms with Gasteiger partial charge in [0, 0.05) is 11.7 Å². The van der Waals surface area contributed by atoms with E-state index in [0.29, 0.717) is 22.5 Å². The molecule has 0 radical (unpaired) electrons. The Labute approximate surface area is 164 Å². The number of carbonyl (C=O) groups is 1. The van der Waals surface area contributed by atoms with Crippen LogP contribution in [-0.4, -0.2) is 35.7 Å². The highest BCUT2D eigenvalue weighted by Crippen LogP contribution is 2.36. The predicted molar refractivity (Wildman–Crippen MR) is 105 cm³/mol. The van der Waals surface area contributed by atoms with Gasteiger partial charge in [-0.2, -0.15) is 5.26 Å². The third kappa shape index (κ3) is 3.91. The fourth-order valence-corrected chi connectivity index (χ4v) is 4.26. The number of hydrogen-bond donors (Lipinski definition) is 1. The van der Waals surface area contributed by atoms with Crippen molar-refractivity contribution in [2.24, 2.45) is 0 Å². The summed E-state index contributed by atoms with van der Waals surface area (Å²) in [7, 11) is 1.39. The average Bonchev–Trinajstić information content (AvgIpc) is 3.20. The Hall–Kier alpha value is -2.59. The van der Waals surface area contributed by atoms with Crippen molar-refractivity contribution in [2.45, 2.75) is 44.7 Å². The summed E-state index contributed by atoms with van der Waals surface area (Å²) in [6.45, 7) is 1.93. The topological polar surface area (TPSA) is 74.6 Å². The van der Waals surface area contributed by atoms with Crippen molar-refractivity contribution in [1.29, 1.82) is 5.26 Å². The van der Waals surface area contributed by atoms with Crippen LogP contribution in [0, 0.1) is 11.3 Å². The monoisotopic (exact) mass is 385 g/mol. The van der Waals surface area contributed by atoms with E-state index in [2.05, 4.69) is 10.2 Å². The van der Waals surface area contributed by atoms with Crippen molar-refractivity contribution in [2.75, 3.05) is 13.7 Å². The normalized spacial score (nSPS) is 20.3. The number of rotatable bonds is 5. The molecule has 1 heterocycles. The maximum absolute atomic E-state index is 12.6. The second-order valence-electron chi connectivity index (χ2n) is 6.70. The first kappa shape index (κ1) is 19.2. The van der Waals surface area contributed by atoms with Gasteiger partial charge >= 0.3 is 5.97 Å². The molecule has 3 rings (SSSR count). The zero-order valence-electron chi connectivity index (χ0n) is 15.5. The number of nitrogens with one attached hydrogen (secondary N) is 1. The van der Waals surface area contributed by atoms with Gasteiger partial charge in [0.05, 0.1) is 18.7 Å². The average molecular weight is 385 g/mol. The van der Waals surface area contributed by atoms with Gasteiger partial charge in [-0.05, 0) is 49.7 Å². The molecule has 6 nitrogen and oxygen atoms in total. The fraction of sp³-hybridized carbons (Fsp3) is 0.450. The summed E-state index contributed by atoms with van der Waals surface area (Å²) < 4.78 is 10.4. The number of nitriles is 1. The van der Waals surface area contributed by atoms with E-state index in [1.54, 1.807) is 12.1 Å². The first-order valence-electron chi connectivity index (χ1n) is 9.05. The summed E-state index contributed by atoms with van der Waals surface area (Å²) >= 11 is 5.64. The van der Waals surface area contributed by atoms with Crippen LogP contribution in [0.2, 0.25) is 0 Å². The molecule has 0 amide bonds. The number of allylic oxidation sites excluding steroid dienone is 1. The van der Waals surface area contributed by atoms with E-state index in [4.69, 9.17) is 27.0 Å². The Balaban J connectivity index is 1.95. The first-order chi connectivity index (χ1) is 13.1. The minimum absolute atomic E-state index is 0.00607. The van der Waals surface area contributed by atoms with Gasteiger partial charge in [-0.3, -0.25) is 0 Å². The number of methoxy groups -OCH3 is 1. The van der Waals surface area contributed by atoms with Gasteiger partial charge in [0.2, 0.25) is 0 Å². The molecule has 0 unspecified atom stereocenters. The smallest absolute Gasteiger partial charge is 0.337 e. The molecule has 0 saturated heterocycles. The van der Waals surface area contributed by atoms with E-state index < -0.39 is 0 Å². The third-order valence-corrected chi connectivity index (χ3v) is 5.45. The van der Waals surface area contributed by atoms with Gasteiger partial charge in [0.15, 0.2) is 11.7 Å². The summed E-state index contributed by atoms with van der Waals surface area (Å²) in [5, 5.41) is 12.6. The van der Waals surface area contributed by atoms with Crippen LogP contribution in [-0.2, 0) is 9.53 Å². The first-order valence-corrected chi connectivity index (χ1v) is 9.46. The number of ether oxygens (including phenoxy) is 2. The van der Waals surface area contributed by atoms with Gasteiger partial charge in [-0.15, -0.1) is 0 Å². The van der Waals surface area contributed by atoms with Gasteiger partial charge in [-0.1, -0.05) is 25.0 Å². The molecule has 1 aliphatic carbocycles. The Bertz CT molecular complexity index is 792. The van der Waals surface area contributed by atoms with E-state index in [9.17, 15) is 4.79 Å². The van der Waals surface area contributed by atoms with E-state index in [-0.39, 0.29) is 18.6 Å². The summed E-state index contributed by atoms with van der Waals surface area (Å²) in [6.07, 6.45) is 4.50. The maximum Gasteiger partial charge on any atom is 0.337 e. The highest BCUT2D eigenvalue weighted by atomic mass is 32.1. The fourth-order valence-electron chi connectivity index (χ4n) is 3.86. The van der Waals surface area contributed by atoms with Gasteiger partial charge < -0.3 is 19.7 Å². The minimum Gasteiger partial charge on any atom is -0.479 e. The molecule has 0 spiro atoms. The molecule has 0 bridgehead atoms. The summed E-state index contributed by atoms with van der Waals surface area (Å²) in [5.41, 5.74) is 2.31. The molecule has 1 fully saturated rings. The van der Waals surface area contributed by atoms with Crippen molar-refractivity contribution in [1.82, 2.24) is 10.2 Å². The van der Waals surface area contributed by atoms with Crippen LogP contribution in [0.1, 0.15) is 44.2 Å². The quantitative estimate of drug-likeness (QED) is 0.616. The maximum atomic E-state index is 12.6. The molecule has 1 N–H and O–H groups in total. The summed E-state index contributed by atoms with van der Waals surface area (Å²) in [5.74, 6) is 0.242. The predicted octanol–water partition coefficient (Wildman–Crippen LogP) is 3.21. The third-order valence-electron chi connectivity index (χ3n) is 5.14. The lowest BCUT2D eigenvalue weighted by molar-refractivity contribution is -0.136. The molecule has 7 heteroatoms. The van der Waals surface area contributed by atoms with Gasteiger partial charge in [-0.25, -0.2) is 4.79 Å². The molecule has 1 aromatic rings. The number of hydrogen-bond acceptors (Lipinski definition) is 5. The van der Waals surface area contributed by atoms with Crippen LogP contribution in [0.15, 0.2) is 35.5 Å². The zero-order valence-corrected chi connectivity index (χ0v) is 16.3. The molecular formula is C20H23N3O3S. The van der Waals surface area contributed by atoms with Crippen LogP contribution in [0.5, 0.6) is 5.75 Å². The highest BCUT2D eigenvalue weighted by Gasteiger charge is 2.37. The molecule has 1 saturated carbocycles. The largest absolute Gasteiger partial charge is 0.479 e. The Morgan fingerprint density at radius 3 is 2.59 bits per heavy atom. The highest BCUT2D eigenvalue weighted by molar-refractivity contribution is 7.80. The zero-order chi connectivity index (χ0) is 19.4. The van der Waals surface area contributed by atoms with Crippen LogP contribution >= 0.6 is 12.2 Å². The van der Waals surface area contributed by atoms with E-state index in [0.717, 1.165) is 24.1 Å². The molecule has 142 valence electrons. The Morgan fingerprint density at radius 2 is 2.00 bits per heavy atom. The molecule has 2 aliphatic rings. The van der Waals surface area contributed by atoms with Crippen LogP contribution < -0.4 is 10.1 Å². The van der Waals surface area contributed by atoms with Crippen molar-refractivity contribution >= 4 is 23.3 Å². The SMILES string of the molecule is COC(=O)C1=C(C)N(C2CCCC2)C(=S)N[C@H]1c1ccc(OCC#N)cc1. The number of thiocarbonyl (C=S) groups is 1. The van der Waals surface area contributed by atoms with E-state index in [1.807, 2.05) is 25.1 Å². The Morgan fingerprint density at radius 1 is 1.33 bits per heavy atom. The standard InChI is InChI=1S/C20H23N3O3S/c1-13-17(19(24)25-2)18(14-7-9-16(10-8-14)26-12-11-21)22-20(27)23(13)15-5-3-4-6-15/h7-10,15,18H,3-6,12H2,1-2H3,(H,22,27)/t18-/m0/s1. The second-order valence-corrected chi connectivity index (χ2v) is 7.08. The molecule has 1 atom stereocenters. The van der Waals surface area contributed by atoms with Crippen molar-refractivity contribution in [3.05, 3.63) is 41.1 Å². The second kappa shape index (κ2) is 8.40. The molecule has 1 aromatic carbocycles. The van der Waals surface area contributed by atoms with Crippen molar-refractivity contribution in [3.8, 4) is 11.8 Å².